The summed E-state index contributed by atoms with van der Waals surface area (Å²) in [6, 6.07) is 3.93. The molecule has 102 valence electrons. The number of ether oxygens (including phenoxy) is 2. The van der Waals surface area contributed by atoms with Gasteiger partial charge in [-0.05, 0) is 44.3 Å². The highest BCUT2D eigenvalue weighted by molar-refractivity contribution is 9.11. The Balaban J connectivity index is 2.42. The van der Waals surface area contributed by atoms with E-state index in [0.29, 0.717) is 6.61 Å². The summed E-state index contributed by atoms with van der Waals surface area (Å²) in [7, 11) is 1.66. The van der Waals surface area contributed by atoms with Gasteiger partial charge in [0.15, 0.2) is 0 Å². The molecule has 1 aromatic carbocycles. The number of anilines is 1. The first kappa shape index (κ1) is 15.8. The molecule has 0 bridgehead atoms. The van der Waals surface area contributed by atoms with Crippen molar-refractivity contribution in [2.75, 3.05) is 32.2 Å². The molecular weight excluding hydrogens is 362 g/mol. The van der Waals surface area contributed by atoms with E-state index in [1.165, 1.54) is 6.42 Å². The molecule has 0 spiro atoms. The van der Waals surface area contributed by atoms with E-state index >= 15 is 0 Å². The van der Waals surface area contributed by atoms with E-state index in [1.807, 2.05) is 12.1 Å². The summed E-state index contributed by atoms with van der Waals surface area (Å²) >= 11 is 6.96. The number of rotatable bonds is 8. The second-order valence-corrected chi connectivity index (χ2v) is 5.57. The van der Waals surface area contributed by atoms with Crippen LogP contribution in [0.2, 0.25) is 0 Å². The number of benzene rings is 1. The van der Waals surface area contributed by atoms with Crippen LogP contribution in [0.1, 0.15) is 19.8 Å². The van der Waals surface area contributed by atoms with Gasteiger partial charge in [0.1, 0.15) is 5.75 Å². The van der Waals surface area contributed by atoms with Crippen LogP contribution in [0.25, 0.3) is 0 Å². The van der Waals surface area contributed by atoms with Crippen LogP contribution in [-0.4, -0.2) is 26.9 Å². The van der Waals surface area contributed by atoms with Crippen molar-refractivity contribution in [3.8, 4) is 5.75 Å². The van der Waals surface area contributed by atoms with Crippen molar-refractivity contribution in [1.82, 2.24) is 0 Å². The minimum atomic E-state index is 0.713. The third-order valence-electron chi connectivity index (χ3n) is 2.45. The lowest BCUT2D eigenvalue weighted by molar-refractivity contribution is 0.141. The van der Waals surface area contributed by atoms with Crippen molar-refractivity contribution in [2.45, 2.75) is 19.8 Å². The molecule has 0 heterocycles. The number of nitrogens with one attached hydrogen (secondary N) is 1. The summed E-state index contributed by atoms with van der Waals surface area (Å²) in [5.41, 5.74) is 1.01. The second kappa shape index (κ2) is 8.77. The van der Waals surface area contributed by atoms with E-state index in [0.717, 1.165) is 40.0 Å². The standard InChI is InChI=1S/C13H19Br2NO2/c1-3-4-6-18-7-5-16-12-9-13(17-2)11(15)8-10(12)14/h8-9,16H,3-7H2,1-2H3. The molecule has 0 aliphatic carbocycles. The van der Waals surface area contributed by atoms with Crippen molar-refractivity contribution in [3.05, 3.63) is 21.1 Å². The van der Waals surface area contributed by atoms with Gasteiger partial charge in [0, 0.05) is 23.7 Å². The molecule has 3 nitrogen and oxygen atoms in total. The van der Waals surface area contributed by atoms with Crippen molar-refractivity contribution < 1.29 is 9.47 Å². The van der Waals surface area contributed by atoms with Crippen molar-refractivity contribution in [1.29, 1.82) is 0 Å². The molecule has 0 fully saturated rings. The summed E-state index contributed by atoms with van der Waals surface area (Å²) in [5.74, 6) is 0.813. The quantitative estimate of drug-likeness (QED) is 0.676. The number of hydrogen-bond donors (Lipinski definition) is 1. The van der Waals surface area contributed by atoms with E-state index in [1.54, 1.807) is 7.11 Å². The van der Waals surface area contributed by atoms with Crippen molar-refractivity contribution >= 4 is 37.5 Å². The smallest absolute Gasteiger partial charge is 0.135 e. The molecule has 1 N–H and O–H groups in total. The molecule has 18 heavy (non-hydrogen) atoms. The Labute approximate surface area is 125 Å². The zero-order valence-electron chi connectivity index (χ0n) is 10.8. The van der Waals surface area contributed by atoms with Crippen LogP contribution in [0, 0.1) is 0 Å². The summed E-state index contributed by atoms with van der Waals surface area (Å²) in [4.78, 5) is 0. The van der Waals surface area contributed by atoms with Crippen molar-refractivity contribution in [2.24, 2.45) is 0 Å². The van der Waals surface area contributed by atoms with E-state index in [-0.39, 0.29) is 0 Å². The zero-order valence-corrected chi connectivity index (χ0v) is 13.9. The molecule has 0 aliphatic heterocycles. The van der Waals surface area contributed by atoms with Crippen LogP contribution >= 0.6 is 31.9 Å². The Hall–Kier alpha value is -0.260. The molecule has 0 amide bonds. The Kier molecular flexibility index (Phi) is 7.70. The maximum absolute atomic E-state index is 5.50. The summed E-state index contributed by atoms with van der Waals surface area (Å²) in [6.07, 6.45) is 2.29. The van der Waals surface area contributed by atoms with Gasteiger partial charge >= 0.3 is 0 Å². The molecule has 1 aromatic rings. The summed E-state index contributed by atoms with van der Waals surface area (Å²) < 4.78 is 12.7. The van der Waals surface area contributed by atoms with Crippen molar-refractivity contribution in [3.63, 3.8) is 0 Å². The average molecular weight is 381 g/mol. The van der Waals surface area contributed by atoms with Gasteiger partial charge in [-0.25, -0.2) is 0 Å². The van der Waals surface area contributed by atoms with E-state index in [4.69, 9.17) is 9.47 Å². The molecule has 0 atom stereocenters. The first-order valence-corrected chi connectivity index (χ1v) is 7.62. The Morgan fingerprint density at radius 2 is 1.94 bits per heavy atom. The number of halogens is 2. The van der Waals surface area contributed by atoms with Gasteiger partial charge in [-0.1, -0.05) is 13.3 Å². The monoisotopic (exact) mass is 379 g/mol. The van der Waals surface area contributed by atoms with Gasteiger partial charge in [-0.15, -0.1) is 0 Å². The molecule has 0 aliphatic rings. The van der Waals surface area contributed by atoms with Gasteiger partial charge in [0.2, 0.25) is 0 Å². The number of methoxy groups -OCH3 is 1. The van der Waals surface area contributed by atoms with Gasteiger partial charge < -0.3 is 14.8 Å². The maximum atomic E-state index is 5.50. The predicted molar refractivity (Wildman–Crippen MR) is 82.6 cm³/mol. The SMILES string of the molecule is CCCCOCCNc1cc(OC)c(Br)cc1Br. The topological polar surface area (TPSA) is 30.5 Å². The largest absolute Gasteiger partial charge is 0.495 e. The molecular formula is C13H19Br2NO2. The van der Waals surface area contributed by atoms with Gasteiger partial charge in [-0.2, -0.15) is 0 Å². The Morgan fingerprint density at radius 1 is 1.17 bits per heavy atom. The fraction of sp³-hybridized carbons (Fsp3) is 0.538. The Bertz CT molecular complexity index is 372. The summed E-state index contributed by atoms with van der Waals surface area (Å²) in [6.45, 7) is 4.49. The van der Waals surface area contributed by atoms with E-state index in [9.17, 15) is 0 Å². The van der Waals surface area contributed by atoms with Crippen LogP contribution in [0.5, 0.6) is 5.75 Å². The molecule has 5 heteroatoms. The molecule has 0 radical (unpaired) electrons. The first-order valence-electron chi connectivity index (χ1n) is 6.03. The highest BCUT2D eigenvalue weighted by Crippen LogP contribution is 2.34. The fourth-order valence-corrected chi connectivity index (χ4v) is 2.72. The minimum Gasteiger partial charge on any atom is -0.495 e. The molecule has 1 rings (SSSR count). The van der Waals surface area contributed by atoms with Gasteiger partial charge in [-0.3, -0.25) is 0 Å². The number of hydrogen-bond acceptors (Lipinski definition) is 3. The molecule has 0 saturated heterocycles. The normalized spacial score (nSPS) is 10.4. The molecule has 0 unspecified atom stereocenters. The van der Waals surface area contributed by atoms with Gasteiger partial charge in [0.05, 0.1) is 23.9 Å². The molecule has 0 aromatic heterocycles. The first-order chi connectivity index (χ1) is 8.69. The minimum absolute atomic E-state index is 0.713. The van der Waals surface area contributed by atoms with Crippen LogP contribution < -0.4 is 10.1 Å². The predicted octanol–water partition coefficient (Wildman–Crippen LogP) is 4.45. The number of unbranched alkanes of at least 4 members (excludes halogenated alkanes) is 1. The zero-order chi connectivity index (χ0) is 13.4. The average Bonchev–Trinajstić information content (AvgIpc) is 2.36. The van der Waals surface area contributed by atoms with Crippen LogP contribution in [-0.2, 0) is 4.74 Å². The van der Waals surface area contributed by atoms with Crippen LogP contribution in [0.3, 0.4) is 0 Å². The third-order valence-corrected chi connectivity index (χ3v) is 3.72. The lowest BCUT2D eigenvalue weighted by Gasteiger charge is -2.12. The Morgan fingerprint density at radius 3 is 2.61 bits per heavy atom. The van der Waals surface area contributed by atoms with E-state index < -0.39 is 0 Å². The maximum Gasteiger partial charge on any atom is 0.135 e. The van der Waals surface area contributed by atoms with Gasteiger partial charge in [0.25, 0.3) is 0 Å². The van der Waals surface area contributed by atoms with E-state index in [2.05, 4.69) is 44.1 Å². The highest BCUT2D eigenvalue weighted by atomic mass is 79.9. The van der Waals surface area contributed by atoms with Crippen LogP contribution in [0.15, 0.2) is 21.1 Å². The second-order valence-electron chi connectivity index (χ2n) is 3.86. The lowest BCUT2D eigenvalue weighted by atomic mass is 10.3. The fourth-order valence-electron chi connectivity index (χ4n) is 1.43. The summed E-state index contributed by atoms with van der Waals surface area (Å²) in [5, 5.41) is 3.32. The van der Waals surface area contributed by atoms with Crippen LogP contribution in [0.4, 0.5) is 5.69 Å². The molecule has 0 saturated carbocycles. The lowest BCUT2D eigenvalue weighted by Crippen LogP contribution is -2.10. The highest BCUT2D eigenvalue weighted by Gasteiger charge is 2.06. The third kappa shape index (κ3) is 5.16.